The van der Waals surface area contributed by atoms with Crippen molar-refractivity contribution in [2.75, 3.05) is 0 Å². The zero-order chi connectivity index (χ0) is 9.42. The van der Waals surface area contributed by atoms with Gasteiger partial charge in [0.1, 0.15) is 17.2 Å². The first-order valence-corrected chi connectivity index (χ1v) is 4.37. The number of halogens is 3. The molecule has 0 saturated heterocycles. The van der Waals surface area contributed by atoms with Crippen LogP contribution < -0.4 is 0 Å². The van der Waals surface area contributed by atoms with Crippen molar-refractivity contribution in [1.29, 1.82) is 0 Å². The Hall–Kier alpha value is -1.03. The van der Waals surface area contributed by atoms with Crippen LogP contribution in [-0.4, -0.2) is 4.98 Å². The Balaban J connectivity index is 3.00. The average molecular weight is 244 g/mol. The summed E-state index contributed by atoms with van der Waals surface area (Å²) in [6.07, 6.45) is 1.43. The molecule has 0 aliphatic heterocycles. The molecule has 0 bridgehead atoms. The monoisotopic (exact) mass is 243 g/mol. The first-order valence-electron chi connectivity index (χ1n) is 3.58. The molecule has 1 aromatic heterocycles. The molecule has 1 nitrogen and oxygen atoms in total. The largest absolute Gasteiger partial charge is 0.253 e. The van der Waals surface area contributed by atoms with Gasteiger partial charge >= 0.3 is 0 Å². The molecule has 2 aromatic rings. The van der Waals surface area contributed by atoms with Crippen LogP contribution in [0.25, 0.3) is 10.9 Å². The summed E-state index contributed by atoms with van der Waals surface area (Å²) in [6, 6.07) is 3.73. The molecule has 13 heavy (non-hydrogen) atoms. The number of hydrogen-bond donors (Lipinski definition) is 0. The molecule has 0 aliphatic carbocycles. The SMILES string of the molecule is Fc1ccc(F)c2c(Br)ccnc12. The van der Waals surface area contributed by atoms with Crippen LogP contribution in [0.4, 0.5) is 8.78 Å². The summed E-state index contributed by atoms with van der Waals surface area (Å²) in [7, 11) is 0. The second kappa shape index (κ2) is 3.03. The summed E-state index contributed by atoms with van der Waals surface area (Å²) < 4.78 is 26.8. The van der Waals surface area contributed by atoms with Gasteiger partial charge in [0.15, 0.2) is 0 Å². The molecule has 0 radical (unpaired) electrons. The van der Waals surface area contributed by atoms with E-state index in [1.807, 2.05) is 0 Å². The third kappa shape index (κ3) is 1.31. The Morgan fingerprint density at radius 2 is 1.77 bits per heavy atom. The Morgan fingerprint density at radius 1 is 1.08 bits per heavy atom. The lowest BCUT2D eigenvalue weighted by Gasteiger charge is -2.01. The van der Waals surface area contributed by atoms with Crippen LogP contribution in [0, 0.1) is 11.6 Å². The second-order valence-electron chi connectivity index (χ2n) is 2.55. The Labute approximate surface area is 81.5 Å². The van der Waals surface area contributed by atoms with E-state index in [1.165, 1.54) is 6.20 Å². The first-order chi connectivity index (χ1) is 6.20. The van der Waals surface area contributed by atoms with E-state index >= 15 is 0 Å². The van der Waals surface area contributed by atoms with Crippen molar-refractivity contribution in [3.63, 3.8) is 0 Å². The van der Waals surface area contributed by atoms with Gasteiger partial charge in [-0.25, -0.2) is 8.78 Å². The first kappa shape index (κ1) is 8.56. The molecule has 4 heteroatoms. The topological polar surface area (TPSA) is 12.9 Å². The fraction of sp³-hybridized carbons (Fsp3) is 0. The van der Waals surface area contributed by atoms with Gasteiger partial charge in [-0.1, -0.05) is 0 Å². The zero-order valence-corrected chi connectivity index (χ0v) is 7.98. The van der Waals surface area contributed by atoms with E-state index in [-0.39, 0.29) is 10.9 Å². The highest BCUT2D eigenvalue weighted by atomic mass is 79.9. The maximum absolute atomic E-state index is 13.2. The van der Waals surface area contributed by atoms with Crippen LogP contribution in [0.15, 0.2) is 28.9 Å². The van der Waals surface area contributed by atoms with Gasteiger partial charge in [0, 0.05) is 10.7 Å². The Morgan fingerprint density at radius 3 is 2.46 bits per heavy atom. The summed E-state index contributed by atoms with van der Waals surface area (Å²) in [5, 5.41) is 0.183. The standard InChI is InChI=1S/C9H4BrF2N/c10-5-3-4-13-9-7(12)2-1-6(11)8(5)9/h1-4H. The summed E-state index contributed by atoms with van der Waals surface area (Å²) in [4.78, 5) is 3.76. The maximum Gasteiger partial charge on any atom is 0.149 e. The van der Waals surface area contributed by atoms with E-state index in [0.29, 0.717) is 4.47 Å². The molecule has 0 unspecified atom stereocenters. The lowest BCUT2D eigenvalue weighted by atomic mass is 10.2. The fourth-order valence-electron chi connectivity index (χ4n) is 1.16. The van der Waals surface area contributed by atoms with E-state index in [4.69, 9.17) is 0 Å². The number of nitrogens with zero attached hydrogens (tertiary/aromatic N) is 1. The molecule has 0 atom stereocenters. The number of hydrogen-bond acceptors (Lipinski definition) is 1. The summed E-state index contributed by atoms with van der Waals surface area (Å²) >= 11 is 3.14. The van der Waals surface area contributed by atoms with Crippen LogP contribution in [0.2, 0.25) is 0 Å². The van der Waals surface area contributed by atoms with Crippen molar-refractivity contribution in [2.45, 2.75) is 0 Å². The molecule has 0 amide bonds. The van der Waals surface area contributed by atoms with Crippen molar-refractivity contribution in [3.8, 4) is 0 Å². The minimum absolute atomic E-state index is 0.0503. The normalized spacial score (nSPS) is 10.7. The van der Waals surface area contributed by atoms with Crippen molar-refractivity contribution in [3.05, 3.63) is 40.5 Å². The molecule has 0 fully saturated rings. The van der Waals surface area contributed by atoms with Crippen molar-refractivity contribution >= 4 is 26.8 Å². The fourth-order valence-corrected chi connectivity index (χ4v) is 1.65. The smallest absolute Gasteiger partial charge is 0.149 e. The van der Waals surface area contributed by atoms with Crippen LogP contribution in [0.5, 0.6) is 0 Å². The lowest BCUT2D eigenvalue weighted by molar-refractivity contribution is 0.615. The average Bonchev–Trinajstić information content (AvgIpc) is 2.12. The van der Waals surface area contributed by atoms with Crippen LogP contribution >= 0.6 is 15.9 Å². The number of fused-ring (bicyclic) bond motifs is 1. The molecular formula is C9H4BrF2N. The number of benzene rings is 1. The quantitative estimate of drug-likeness (QED) is 0.692. The molecular weight excluding hydrogens is 240 g/mol. The Bertz CT molecular complexity index is 462. The Kier molecular flexibility index (Phi) is 2.00. The van der Waals surface area contributed by atoms with Gasteiger partial charge in [-0.15, -0.1) is 0 Å². The number of aromatic nitrogens is 1. The van der Waals surface area contributed by atoms with Gasteiger partial charge in [0.05, 0.1) is 5.39 Å². The molecule has 0 N–H and O–H groups in total. The molecule has 0 spiro atoms. The minimum Gasteiger partial charge on any atom is -0.253 e. The van der Waals surface area contributed by atoms with E-state index in [9.17, 15) is 8.78 Å². The third-order valence-electron chi connectivity index (χ3n) is 1.74. The van der Waals surface area contributed by atoms with E-state index in [1.54, 1.807) is 6.07 Å². The minimum atomic E-state index is -0.516. The van der Waals surface area contributed by atoms with E-state index < -0.39 is 11.6 Å². The van der Waals surface area contributed by atoms with Crippen LogP contribution in [0.3, 0.4) is 0 Å². The maximum atomic E-state index is 13.2. The number of pyridine rings is 1. The van der Waals surface area contributed by atoms with E-state index in [2.05, 4.69) is 20.9 Å². The van der Waals surface area contributed by atoms with Gasteiger partial charge in [-0.3, -0.25) is 4.98 Å². The molecule has 0 saturated carbocycles. The van der Waals surface area contributed by atoms with Crippen molar-refractivity contribution in [2.24, 2.45) is 0 Å². The summed E-state index contributed by atoms with van der Waals surface area (Å²) in [5.41, 5.74) is 0.0503. The third-order valence-corrected chi connectivity index (χ3v) is 2.40. The molecule has 1 aromatic carbocycles. The molecule has 1 heterocycles. The highest BCUT2D eigenvalue weighted by Crippen LogP contribution is 2.26. The zero-order valence-electron chi connectivity index (χ0n) is 6.39. The summed E-state index contributed by atoms with van der Waals surface area (Å²) in [6.45, 7) is 0. The van der Waals surface area contributed by atoms with Gasteiger partial charge < -0.3 is 0 Å². The highest BCUT2D eigenvalue weighted by molar-refractivity contribution is 9.10. The number of rotatable bonds is 0. The predicted molar refractivity (Wildman–Crippen MR) is 49.4 cm³/mol. The van der Waals surface area contributed by atoms with Crippen LogP contribution in [-0.2, 0) is 0 Å². The van der Waals surface area contributed by atoms with Gasteiger partial charge in [-0.2, -0.15) is 0 Å². The van der Waals surface area contributed by atoms with Crippen LogP contribution in [0.1, 0.15) is 0 Å². The highest BCUT2D eigenvalue weighted by Gasteiger charge is 2.09. The predicted octanol–water partition coefficient (Wildman–Crippen LogP) is 3.28. The molecule has 66 valence electrons. The van der Waals surface area contributed by atoms with Crippen molar-refractivity contribution < 1.29 is 8.78 Å². The van der Waals surface area contributed by atoms with Gasteiger partial charge in [0.2, 0.25) is 0 Å². The van der Waals surface area contributed by atoms with Gasteiger partial charge in [0.25, 0.3) is 0 Å². The van der Waals surface area contributed by atoms with E-state index in [0.717, 1.165) is 12.1 Å². The van der Waals surface area contributed by atoms with Crippen molar-refractivity contribution in [1.82, 2.24) is 4.98 Å². The summed E-state index contributed by atoms with van der Waals surface area (Å²) in [5.74, 6) is -0.992. The molecule has 2 rings (SSSR count). The second-order valence-corrected chi connectivity index (χ2v) is 3.40. The molecule has 0 aliphatic rings. The lowest BCUT2D eigenvalue weighted by Crippen LogP contribution is -1.88. The van der Waals surface area contributed by atoms with Gasteiger partial charge in [-0.05, 0) is 34.1 Å².